The molecule has 296 valence electrons. The van der Waals surface area contributed by atoms with Crippen LogP contribution < -0.4 is 4.90 Å². The van der Waals surface area contributed by atoms with Crippen LogP contribution in [0.4, 0.5) is 17.1 Å². The molecule has 2 heteroatoms. The van der Waals surface area contributed by atoms with E-state index >= 15 is 0 Å². The number of para-hydroxylation sites is 3. The van der Waals surface area contributed by atoms with Crippen LogP contribution >= 0.6 is 0 Å². The van der Waals surface area contributed by atoms with Gasteiger partial charge in [-0.05, 0) is 122 Å². The van der Waals surface area contributed by atoms with Gasteiger partial charge in [0.2, 0.25) is 0 Å². The van der Waals surface area contributed by atoms with Gasteiger partial charge in [0.05, 0.1) is 16.7 Å². The van der Waals surface area contributed by atoms with Crippen molar-refractivity contribution in [2.75, 3.05) is 4.90 Å². The van der Waals surface area contributed by atoms with E-state index in [0.717, 1.165) is 17.1 Å². The Morgan fingerprint density at radius 1 is 0.355 bits per heavy atom. The monoisotopic (exact) mass is 794 g/mol. The lowest BCUT2D eigenvalue weighted by Gasteiger charge is -2.30. The van der Waals surface area contributed by atoms with Crippen molar-refractivity contribution in [2.45, 2.75) is 38.5 Å². The molecule has 0 radical (unpaired) electrons. The van der Waals surface area contributed by atoms with E-state index in [1.54, 1.807) is 0 Å². The van der Waals surface area contributed by atoms with Crippen LogP contribution in [-0.4, -0.2) is 4.57 Å². The molecule has 12 rings (SSSR count). The summed E-state index contributed by atoms with van der Waals surface area (Å²) in [5, 5.41) is 2.51. The van der Waals surface area contributed by atoms with E-state index in [1.165, 1.54) is 94.3 Å². The largest absolute Gasteiger partial charge is 0.310 e. The van der Waals surface area contributed by atoms with Crippen molar-refractivity contribution in [2.24, 2.45) is 0 Å². The topological polar surface area (TPSA) is 8.17 Å². The van der Waals surface area contributed by atoms with Gasteiger partial charge in [-0.1, -0.05) is 173 Å². The Morgan fingerprint density at radius 3 is 1.73 bits per heavy atom. The molecule has 0 bridgehead atoms. The van der Waals surface area contributed by atoms with E-state index in [-0.39, 0.29) is 10.8 Å². The van der Waals surface area contributed by atoms with Gasteiger partial charge in [-0.25, -0.2) is 0 Å². The average Bonchev–Trinajstić information content (AvgIpc) is 3.86. The standard InChI is InChI=1S/C60H46N2/c1-59(2)52-25-13-9-22-49(52)58-48(23-16-26-53(58)59)46-20-10-14-27-55(46)61(43-34-35-45-44-19-8-12-24-51(44)60(3,4)54(45)38-43)42-32-29-39(30-33-42)40-31-36-57-50(37-40)47-21-11-15-28-56(47)62(57)41-17-6-5-7-18-41/h5-38H,1-4H3. The van der Waals surface area contributed by atoms with Crippen molar-refractivity contribution in [3.63, 3.8) is 0 Å². The Hall–Kier alpha value is -7.42. The number of nitrogens with zero attached hydrogens (tertiary/aromatic N) is 2. The average molecular weight is 795 g/mol. The molecule has 10 aromatic rings. The van der Waals surface area contributed by atoms with Crippen LogP contribution in [0.15, 0.2) is 206 Å². The summed E-state index contributed by atoms with van der Waals surface area (Å²) in [5.41, 5.74) is 22.5. The molecule has 1 aromatic heterocycles. The lowest BCUT2D eigenvalue weighted by atomic mass is 9.82. The number of hydrogen-bond acceptors (Lipinski definition) is 1. The quantitative estimate of drug-likeness (QED) is 0.163. The fourth-order valence-corrected chi connectivity index (χ4v) is 10.9. The van der Waals surface area contributed by atoms with Gasteiger partial charge in [-0.3, -0.25) is 0 Å². The SMILES string of the molecule is CC1(C)c2ccccc2-c2ccc(N(c3ccc(-c4ccc5c(c4)c4ccccc4n5-c4ccccc4)cc3)c3ccccc3-c3cccc4c3-c3ccccc3C4(C)C)cc21. The zero-order chi connectivity index (χ0) is 41.7. The summed E-state index contributed by atoms with van der Waals surface area (Å²) in [6, 6.07) is 76.5. The molecule has 2 nitrogen and oxygen atoms in total. The van der Waals surface area contributed by atoms with Gasteiger partial charge in [-0.2, -0.15) is 0 Å². The summed E-state index contributed by atoms with van der Waals surface area (Å²) in [4.78, 5) is 2.49. The van der Waals surface area contributed by atoms with E-state index < -0.39 is 0 Å². The maximum atomic E-state index is 2.49. The lowest BCUT2D eigenvalue weighted by Crippen LogP contribution is -2.17. The summed E-state index contributed by atoms with van der Waals surface area (Å²) in [7, 11) is 0. The number of fused-ring (bicyclic) bond motifs is 9. The Morgan fingerprint density at radius 2 is 0.919 bits per heavy atom. The number of aromatic nitrogens is 1. The molecule has 0 fully saturated rings. The number of benzene rings is 9. The van der Waals surface area contributed by atoms with Gasteiger partial charge in [0, 0.05) is 44.2 Å². The first-order valence-electron chi connectivity index (χ1n) is 21.9. The molecule has 0 saturated carbocycles. The van der Waals surface area contributed by atoms with Gasteiger partial charge >= 0.3 is 0 Å². The maximum Gasteiger partial charge on any atom is 0.0541 e. The van der Waals surface area contributed by atoms with Crippen LogP contribution in [0.1, 0.15) is 49.9 Å². The van der Waals surface area contributed by atoms with Crippen molar-refractivity contribution in [3.05, 3.63) is 229 Å². The third kappa shape index (κ3) is 5.29. The first-order chi connectivity index (χ1) is 30.3. The van der Waals surface area contributed by atoms with E-state index in [1.807, 2.05) is 0 Å². The summed E-state index contributed by atoms with van der Waals surface area (Å²) < 4.78 is 2.38. The minimum atomic E-state index is -0.130. The molecule has 0 N–H and O–H groups in total. The smallest absolute Gasteiger partial charge is 0.0541 e. The Bertz CT molecular complexity index is 3400. The summed E-state index contributed by atoms with van der Waals surface area (Å²) >= 11 is 0. The second-order valence-electron chi connectivity index (χ2n) is 18.1. The molecular weight excluding hydrogens is 749 g/mol. The van der Waals surface area contributed by atoms with Gasteiger partial charge in [-0.15, -0.1) is 0 Å². The van der Waals surface area contributed by atoms with Gasteiger partial charge in [0.25, 0.3) is 0 Å². The summed E-state index contributed by atoms with van der Waals surface area (Å²) in [6.45, 7) is 9.47. The van der Waals surface area contributed by atoms with Crippen LogP contribution in [-0.2, 0) is 10.8 Å². The van der Waals surface area contributed by atoms with Crippen LogP contribution in [0.3, 0.4) is 0 Å². The molecule has 0 aliphatic heterocycles. The third-order valence-corrected chi connectivity index (χ3v) is 14.0. The predicted octanol–water partition coefficient (Wildman–Crippen LogP) is 16.2. The molecule has 0 atom stereocenters. The van der Waals surface area contributed by atoms with E-state index in [4.69, 9.17) is 0 Å². The fourth-order valence-electron chi connectivity index (χ4n) is 10.9. The highest BCUT2D eigenvalue weighted by Gasteiger charge is 2.38. The predicted molar refractivity (Wildman–Crippen MR) is 261 cm³/mol. The minimum absolute atomic E-state index is 0.0908. The van der Waals surface area contributed by atoms with Crippen molar-refractivity contribution >= 4 is 38.9 Å². The molecule has 2 aliphatic rings. The van der Waals surface area contributed by atoms with Gasteiger partial charge in [0.1, 0.15) is 0 Å². The molecule has 0 saturated heterocycles. The summed E-state index contributed by atoms with van der Waals surface area (Å²) in [5.74, 6) is 0. The van der Waals surface area contributed by atoms with Crippen LogP contribution in [0, 0.1) is 0 Å². The van der Waals surface area contributed by atoms with Crippen molar-refractivity contribution in [3.8, 4) is 50.2 Å². The Kier molecular flexibility index (Phi) is 7.96. The number of anilines is 3. The van der Waals surface area contributed by atoms with Crippen LogP contribution in [0.5, 0.6) is 0 Å². The Labute approximate surface area is 364 Å². The second kappa shape index (κ2) is 13.5. The van der Waals surface area contributed by atoms with Crippen molar-refractivity contribution in [1.82, 2.24) is 4.57 Å². The highest BCUT2D eigenvalue weighted by Crippen LogP contribution is 2.55. The first kappa shape index (κ1) is 36.4. The van der Waals surface area contributed by atoms with Crippen molar-refractivity contribution < 1.29 is 0 Å². The van der Waals surface area contributed by atoms with Gasteiger partial charge in [0.15, 0.2) is 0 Å². The van der Waals surface area contributed by atoms with Crippen molar-refractivity contribution in [1.29, 1.82) is 0 Å². The number of rotatable bonds is 6. The molecular formula is C60H46N2. The fraction of sp³-hybridized carbons (Fsp3) is 0.100. The first-order valence-corrected chi connectivity index (χ1v) is 21.9. The normalized spacial score (nSPS) is 14.1. The van der Waals surface area contributed by atoms with Crippen LogP contribution in [0.2, 0.25) is 0 Å². The molecule has 9 aromatic carbocycles. The second-order valence-corrected chi connectivity index (χ2v) is 18.1. The van der Waals surface area contributed by atoms with Gasteiger partial charge < -0.3 is 9.47 Å². The highest BCUT2D eigenvalue weighted by molar-refractivity contribution is 6.10. The molecule has 0 unspecified atom stereocenters. The molecule has 62 heavy (non-hydrogen) atoms. The molecule has 2 aliphatic carbocycles. The third-order valence-electron chi connectivity index (χ3n) is 14.0. The van der Waals surface area contributed by atoms with E-state index in [9.17, 15) is 0 Å². The lowest BCUT2D eigenvalue weighted by molar-refractivity contribution is 0.660. The molecule has 0 spiro atoms. The molecule has 1 heterocycles. The van der Waals surface area contributed by atoms with E-state index in [0.29, 0.717) is 0 Å². The van der Waals surface area contributed by atoms with Crippen LogP contribution in [0.25, 0.3) is 72.0 Å². The Balaban J connectivity index is 1.03. The summed E-state index contributed by atoms with van der Waals surface area (Å²) in [6.07, 6.45) is 0. The highest BCUT2D eigenvalue weighted by atomic mass is 15.1. The number of hydrogen-bond donors (Lipinski definition) is 0. The zero-order valence-electron chi connectivity index (χ0n) is 35.5. The van der Waals surface area contributed by atoms with E-state index in [2.05, 4.69) is 243 Å². The maximum absolute atomic E-state index is 2.49. The zero-order valence-corrected chi connectivity index (χ0v) is 35.5. The minimum Gasteiger partial charge on any atom is -0.310 e. The molecule has 0 amide bonds.